The minimum Gasteiger partial charge on any atom is -0.494 e. The summed E-state index contributed by atoms with van der Waals surface area (Å²) in [6.07, 6.45) is 3.06. The zero-order valence-electron chi connectivity index (χ0n) is 22.6. The smallest absolute Gasteiger partial charge is 0.410 e. The molecule has 1 aliphatic rings. The van der Waals surface area contributed by atoms with E-state index in [4.69, 9.17) is 9.47 Å². The van der Waals surface area contributed by atoms with Gasteiger partial charge in [0.15, 0.2) is 4.96 Å². The monoisotopic (exact) mass is 605 g/mol. The van der Waals surface area contributed by atoms with Crippen LogP contribution in [0.1, 0.15) is 45.1 Å². The fourth-order valence-electron chi connectivity index (χ4n) is 4.57. The molecule has 2 atom stereocenters. The lowest BCUT2D eigenvalue weighted by Crippen LogP contribution is -2.43. The summed E-state index contributed by atoms with van der Waals surface area (Å²) in [6.45, 7) is 8.48. The predicted molar refractivity (Wildman–Crippen MR) is 155 cm³/mol. The number of amides is 1. The molecule has 4 rings (SSSR count). The number of nitrogens with one attached hydrogen (secondary N) is 1. The maximum Gasteiger partial charge on any atom is 0.410 e. The highest BCUT2D eigenvalue weighted by Crippen LogP contribution is 2.30. The summed E-state index contributed by atoms with van der Waals surface area (Å²) in [5.74, 6) is 1.75. The van der Waals surface area contributed by atoms with Crippen molar-refractivity contribution in [1.29, 1.82) is 0 Å². The van der Waals surface area contributed by atoms with E-state index in [1.54, 1.807) is 22.5 Å². The van der Waals surface area contributed by atoms with E-state index >= 15 is 0 Å². The number of ether oxygens (including phenoxy) is 2. The van der Waals surface area contributed by atoms with E-state index < -0.39 is 5.60 Å². The molecule has 1 aliphatic heterocycles. The molecule has 11 heteroatoms. The molecule has 0 saturated carbocycles. The normalized spacial score (nSPS) is 18.4. The van der Waals surface area contributed by atoms with Crippen molar-refractivity contribution in [1.82, 2.24) is 19.2 Å². The summed E-state index contributed by atoms with van der Waals surface area (Å²) in [5.41, 5.74) is 0.645. The van der Waals surface area contributed by atoms with Gasteiger partial charge in [-0.3, -0.25) is 9.20 Å². The minimum atomic E-state index is -0.501. The van der Waals surface area contributed by atoms with Gasteiger partial charge in [0.2, 0.25) is 0 Å². The Kier molecular flexibility index (Phi) is 9.00. The van der Waals surface area contributed by atoms with Crippen LogP contribution in [-0.2, 0) is 4.74 Å². The third kappa shape index (κ3) is 7.27. The van der Waals surface area contributed by atoms with Gasteiger partial charge in [-0.15, -0.1) is 11.3 Å². The van der Waals surface area contributed by atoms with Crippen LogP contribution in [0.3, 0.4) is 0 Å². The van der Waals surface area contributed by atoms with Crippen LogP contribution in [0.15, 0.2) is 45.1 Å². The van der Waals surface area contributed by atoms with Crippen LogP contribution < -0.4 is 15.6 Å². The molecule has 0 unspecified atom stereocenters. The lowest BCUT2D eigenvalue weighted by atomic mass is 9.88. The zero-order valence-corrected chi connectivity index (χ0v) is 25.0. The molecule has 38 heavy (non-hydrogen) atoms. The van der Waals surface area contributed by atoms with Crippen molar-refractivity contribution in [2.24, 2.45) is 0 Å². The van der Waals surface area contributed by atoms with E-state index in [0.29, 0.717) is 40.7 Å². The zero-order chi connectivity index (χ0) is 27.4. The van der Waals surface area contributed by atoms with Gasteiger partial charge in [-0.2, -0.15) is 0 Å². The second kappa shape index (κ2) is 12.0. The molecule has 9 nitrogen and oxygen atoms in total. The molecule has 0 radical (unpaired) electrons. The van der Waals surface area contributed by atoms with Crippen molar-refractivity contribution in [3.8, 4) is 5.75 Å². The number of likely N-dealkylation sites (N-methyl/N-ethyl adjacent to an activating group) is 1. The van der Waals surface area contributed by atoms with Crippen molar-refractivity contribution in [3.05, 3.63) is 56.2 Å². The molecule has 1 aromatic carbocycles. The Bertz CT molecular complexity index is 1300. The number of nitrogens with zero attached hydrogens (tertiary/aromatic N) is 4. The standard InChI is InChI=1S/C27H36BrN5O4S/c1-27(2,3)37-26(35)32(5)11-6-13-36-21-9-7-18(8-10-21)19-15-20(17-31(4)16-19)29-23-22(28)24(34)33-12-14-38-25(33)30-23/h7-10,12,14,19-20,29H,6,11,13,15-17H2,1-5H3/t19-,20+/m0/s1. The van der Waals surface area contributed by atoms with Crippen LogP contribution in [0.25, 0.3) is 4.96 Å². The highest BCUT2D eigenvalue weighted by atomic mass is 79.9. The lowest BCUT2D eigenvalue weighted by molar-refractivity contribution is 0.0292. The lowest BCUT2D eigenvalue weighted by Gasteiger charge is -2.36. The Morgan fingerprint density at radius 3 is 2.71 bits per heavy atom. The summed E-state index contributed by atoms with van der Waals surface area (Å²) in [4.78, 5) is 33.9. The average molecular weight is 607 g/mol. The Morgan fingerprint density at radius 1 is 1.26 bits per heavy atom. The van der Waals surface area contributed by atoms with Gasteiger partial charge in [0.25, 0.3) is 5.56 Å². The van der Waals surface area contributed by atoms with Gasteiger partial charge >= 0.3 is 6.09 Å². The van der Waals surface area contributed by atoms with Gasteiger partial charge in [-0.05, 0) is 80.2 Å². The fraction of sp³-hybridized carbons (Fsp3) is 0.519. The molecule has 1 saturated heterocycles. The number of rotatable bonds is 8. The number of halogens is 1. The number of carbonyl (C=O) groups excluding carboxylic acids is 1. The quantitative estimate of drug-likeness (QED) is 0.359. The number of hydrogen-bond donors (Lipinski definition) is 1. The Morgan fingerprint density at radius 2 is 2.00 bits per heavy atom. The molecule has 1 fully saturated rings. The van der Waals surface area contributed by atoms with Gasteiger partial charge in [0, 0.05) is 44.3 Å². The van der Waals surface area contributed by atoms with E-state index in [0.717, 1.165) is 25.3 Å². The van der Waals surface area contributed by atoms with Gasteiger partial charge in [0.1, 0.15) is 21.6 Å². The van der Waals surface area contributed by atoms with Crippen molar-refractivity contribution in [2.75, 3.05) is 45.7 Å². The second-order valence-corrected chi connectivity index (χ2v) is 12.5. The average Bonchev–Trinajstić information content (AvgIpc) is 3.32. The summed E-state index contributed by atoms with van der Waals surface area (Å²) in [6, 6.07) is 8.42. The molecule has 206 valence electrons. The number of hydrogen-bond acceptors (Lipinski definition) is 8. The van der Waals surface area contributed by atoms with Gasteiger partial charge < -0.3 is 24.6 Å². The molecule has 1 N–H and O–H groups in total. The number of likely N-dealkylation sites (tertiary alicyclic amines) is 1. The molecular formula is C27H36BrN5O4S. The fourth-order valence-corrected chi connectivity index (χ4v) is 5.67. The molecule has 0 bridgehead atoms. The maximum absolute atomic E-state index is 12.6. The highest BCUT2D eigenvalue weighted by molar-refractivity contribution is 9.10. The summed E-state index contributed by atoms with van der Waals surface area (Å²) in [7, 11) is 3.85. The molecule has 0 spiro atoms. The number of carbonyl (C=O) groups is 1. The van der Waals surface area contributed by atoms with E-state index in [1.807, 2.05) is 38.3 Å². The van der Waals surface area contributed by atoms with Crippen molar-refractivity contribution in [2.45, 2.75) is 51.2 Å². The van der Waals surface area contributed by atoms with Crippen molar-refractivity contribution >= 4 is 44.1 Å². The largest absolute Gasteiger partial charge is 0.494 e. The summed E-state index contributed by atoms with van der Waals surface area (Å²) in [5, 5.41) is 5.37. The number of piperidine rings is 1. The maximum atomic E-state index is 12.6. The third-order valence-corrected chi connectivity index (χ3v) is 7.82. The molecular weight excluding hydrogens is 570 g/mol. The molecule has 1 amide bonds. The van der Waals surface area contributed by atoms with Crippen LogP contribution >= 0.6 is 27.3 Å². The van der Waals surface area contributed by atoms with E-state index in [2.05, 4.69) is 50.3 Å². The van der Waals surface area contributed by atoms with E-state index in [1.165, 1.54) is 16.9 Å². The first kappa shape index (κ1) is 28.4. The predicted octanol–water partition coefficient (Wildman–Crippen LogP) is 5.05. The van der Waals surface area contributed by atoms with Crippen LogP contribution in [0.4, 0.5) is 10.6 Å². The molecule has 2 aromatic heterocycles. The second-order valence-electron chi connectivity index (χ2n) is 10.8. The highest BCUT2D eigenvalue weighted by Gasteiger charge is 2.28. The van der Waals surface area contributed by atoms with Gasteiger partial charge in [-0.1, -0.05) is 12.1 Å². The first-order chi connectivity index (χ1) is 18.0. The van der Waals surface area contributed by atoms with Crippen LogP contribution in [0, 0.1) is 0 Å². The molecule has 0 aliphatic carbocycles. The van der Waals surface area contributed by atoms with Gasteiger partial charge in [-0.25, -0.2) is 9.78 Å². The Labute approximate surface area is 235 Å². The van der Waals surface area contributed by atoms with E-state index in [9.17, 15) is 9.59 Å². The SMILES string of the molecule is CN1C[C@H](Nc2nc3sccn3c(=O)c2Br)C[C@H](c2ccc(OCCCN(C)C(=O)OC(C)(C)C)cc2)C1. The number of thiazole rings is 1. The number of anilines is 1. The van der Waals surface area contributed by atoms with Crippen LogP contribution in [0.2, 0.25) is 0 Å². The topological polar surface area (TPSA) is 88.4 Å². The first-order valence-electron chi connectivity index (χ1n) is 12.8. The minimum absolute atomic E-state index is 0.105. The number of aromatic nitrogens is 2. The summed E-state index contributed by atoms with van der Waals surface area (Å²) < 4.78 is 13.3. The Balaban J connectivity index is 1.30. The Hall–Kier alpha value is -2.63. The molecule has 3 aromatic rings. The first-order valence-corrected chi connectivity index (χ1v) is 14.4. The van der Waals surface area contributed by atoms with E-state index in [-0.39, 0.29) is 17.7 Å². The molecule has 3 heterocycles. The van der Waals surface area contributed by atoms with Crippen molar-refractivity contribution < 1.29 is 14.3 Å². The third-order valence-electron chi connectivity index (χ3n) is 6.35. The van der Waals surface area contributed by atoms with Crippen LogP contribution in [-0.4, -0.2) is 77.3 Å². The van der Waals surface area contributed by atoms with Crippen molar-refractivity contribution in [3.63, 3.8) is 0 Å². The van der Waals surface area contributed by atoms with Crippen LogP contribution in [0.5, 0.6) is 5.75 Å². The van der Waals surface area contributed by atoms with Gasteiger partial charge in [0.05, 0.1) is 6.61 Å². The number of benzene rings is 1. The number of fused-ring (bicyclic) bond motifs is 1. The summed E-state index contributed by atoms with van der Waals surface area (Å²) >= 11 is 4.88.